The number of anilines is 1. The highest BCUT2D eigenvalue weighted by Crippen LogP contribution is 2.30. The average molecular weight is 539 g/mol. The van der Waals surface area contributed by atoms with E-state index >= 15 is 0 Å². The number of fused-ring (bicyclic) bond motifs is 2. The summed E-state index contributed by atoms with van der Waals surface area (Å²) >= 11 is 6.30. The lowest BCUT2D eigenvalue weighted by atomic mass is 10.1. The molecule has 3 N–H and O–H groups in total. The highest BCUT2D eigenvalue weighted by molar-refractivity contribution is 6.31. The Bertz CT molecular complexity index is 1340. The summed E-state index contributed by atoms with van der Waals surface area (Å²) in [6.45, 7) is 2.81. The number of halogens is 3. The summed E-state index contributed by atoms with van der Waals surface area (Å²) < 4.78 is 20.5. The summed E-state index contributed by atoms with van der Waals surface area (Å²) in [4.78, 5) is 34.4. The first-order valence-electron chi connectivity index (χ1n) is 11.3. The van der Waals surface area contributed by atoms with Crippen molar-refractivity contribution in [3.63, 3.8) is 0 Å². The van der Waals surface area contributed by atoms with Crippen LogP contribution in [-0.4, -0.2) is 69.3 Å². The minimum atomic E-state index is -0.537. The Hall–Kier alpha value is -2.83. The number of nitrogens with zero attached hydrogens (tertiary/aromatic N) is 4. The van der Waals surface area contributed by atoms with Crippen LogP contribution in [0.2, 0.25) is 5.02 Å². The number of carbonyl (C=O) groups excluding carboxylic acids is 1. The topological polar surface area (TPSA) is 122 Å². The lowest BCUT2D eigenvalue weighted by Gasteiger charge is -2.19. The van der Waals surface area contributed by atoms with Gasteiger partial charge in [-0.05, 0) is 6.07 Å². The van der Waals surface area contributed by atoms with Gasteiger partial charge in [-0.3, -0.25) is 19.5 Å². The Balaban J connectivity index is 0.00000304. The van der Waals surface area contributed by atoms with Crippen LogP contribution < -0.4 is 20.9 Å². The molecule has 192 valence electrons. The predicted octanol–water partition coefficient (Wildman–Crippen LogP) is 1.42. The number of β-amino-alcohol motifs (C(OH)–C–C–N with tert-alkyl or cyclic N) is 1. The van der Waals surface area contributed by atoms with Crippen molar-refractivity contribution in [3.8, 4) is 5.75 Å². The smallest absolute Gasteiger partial charge is 0.263 e. The van der Waals surface area contributed by atoms with Gasteiger partial charge in [0.25, 0.3) is 11.5 Å². The summed E-state index contributed by atoms with van der Waals surface area (Å²) in [5, 5.41) is 16.9. The second-order valence-electron chi connectivity index (χ2n) is 8.70. The number of ether oxygens (including phenoxy) is 1. The zero-order valence-electron chi connectivity index (χ0n) is 19.1. The maximum Gasteiger partial charge on any atom is 0.263 e. The van der Waals surface area contributed by atoms with Gasteiger partial charge >= 0.3 is 0 Å². The molecular formula is C23H25Cl2FN6O4. The molecule has 13 heteroatoms. The molecule has 0 aromatic carbocycles. The van der Waals surface area contributed by atoms with E-state index < -0.39 is 11.9 Å². The SMILES string of the molecule is Cl.O=C1COc2cc(Cl)c(CNC[C@H]3CN(CCn4c(=O)ccc5ncc(F)cc54)C[C@H]3O)nc2N1. The third-order valence-electron chi connectivity index (χ3n) is 6.26. The quantitative estimate of drug-likeness (QED) is 0.413. The average Bonchev–Trinajstić information content (AvgIpc) is 3.18. The molecule has 0 radical (unpaired) electrons. The van der Waals surface area contributed by atoms with E-state index in [4.69, 9.17) is 16.3 Å². The lowest BCUT2D eigenvalue weighted by molar-refractivity contribution is -0.118. The summed E-state index contributed by atoms with van der Waals surface area (Å²) in [6, 6.07) is 5.95. The largest absolute Gasteiger partial charge is 0.480 e. The Morgan fingerprint density at radius 3 is 2.92 bits per heavy atom. The van der Waals surface area contributed by atoms with Crippen LogP contribution in [0.3, 0.4) is 0 Å². The molecule has 2 atom stereocenters. The van der Waals surface area contributed by atoms with Crippen molar-refractivity contribution in [1.82, 2.24) is 24.8 Å². The van der Waals surface area contributed by atoms with E-state index in [1.165, 1.54) is 16.7 Å². The van der Waals surface area contributed by atoms with Gasteiger partial charge in [0, 0.05) is 63.4 Å². The molecule has 1 fully saturated rings. The minimum Gasteiger partial charge on any atom is -0.480 e. The lowest BCUT2D eigenvalue weighted by Crippen LogP contribution is -2.31. The molecule has 5 heterocycles. The van der Waals surface area contributed by atoms with Crippen LogP contribution in [-0.2, 0) is 17.9 Å². The number of nitrogens with one attached hydrogen (secondary N) is 2. The van der Waals surface area contributed by atoms with Gasteiger partial charge in [-0.1, -0.05) is 11.6 Å². The molecule has 36 heavy (non-hydrogen) atoms. The fourth-order valence-electron chi connectivity index (χ4n) is 4.46. The van der Waals surface area contributed by atoms with Crippen molar-refractivity contribution in [2.75, 3.05) is 38.1 Å². The molecule has 5 rings (SSSR count). The van der Waals surface area contributed by atoms with E-state index in [9.17, 15) is 19.1 Å². The Labute approximate surface area is 216 Å². The van der Waals surface area contributed by atoms with Gasteiger partial charge in [0.15, 0.2) is 18.2 Å². The maximum absolute atomic E-state index is 13.7. The number of hydrogen-bond donors (Lipinski definition) is 3. The van der Waals surface area contributed by atoms with Crippen molar-refractivity contribution in [3.05, 3.63) is 57.3 Å². The van der Waals surface area contributed by atoms with Gasteiger partial charge in [0.05, 0.1) is 34.1 Å². The van der Waals surface area contributed by atoms with Crippen LogP contribution in [0.5, 0.6) is 5.75 Å². The number of hydrogen-bond acceptors (Lipinski definition) is 8. The highest BCUT2D eigenvalue weighted by Gasteiger charge is 2.31. The molecule has 0 bridgehead atoms. The number of carbonyl (C=O) groups is 1. The normalized spacial score (nSPS) is 19.5. The Morgan fingerprint density at radius 1 is 1.25 bits per heavy atom. The first-order chi connectivity index (χ1) is 16.9. The van der Waals surface area contributed by atoms with E-state index in [2.05, 4.69) is 25.5 Å². The summed E-state index contributed by atoms with van der Waals surface area (Å²) in [5.41, 5.74) is 1.34. The standard InChI is InChI=1S/C23H24ClFN6O4.ClH/c24-15-6-20-23(29-21(33)12-35-20)28-17(15)9-26-7-13-10-30(11-19(13)32)3-4-31-18-5-14(25)8-27-16(18)1-2-22(31)34;/h1-2,5-6,8,13,19,26,32H,3-4,7,9-12H2,(H,28,29,33);1H/t13-,19+;/m0./s1. The van der Waals surface area contributed by atoms with Gasteiger partial charge < -0.3 is 25.0 Å². The summed E-state index contributed by atoms with van der Waals surface area (Å²) in [7, 11) is 0. The van der Waals surface area contributed by atoms with Gasteiger partial charge in [0.1, 0.15) is 5.82 Å². The second kappa shape index (κ2) is 11.1. The van der Waals surface area contributed by atoms with E-state index in [-0.39, 0.29) is 36.4 Å². The van der Waals surface area contributed by atoms with Gasteiger partial charge in [-0.15, -0.1) is 12.4 Å². The number of aromatic nitrogens is 3. The van der Waals surface area contributed by atoms with E-state index in [1.807, 2.05) is 0 Å². The van der Waals surface area contributed by atoms with Crippen molar-refractivity contribution in [1.29, 1.82) is 0 Å². The van der Waals surface area contributed by atoms with Crippen molar-refractivity contribution >= 4 is 46.8 Å². The van der Waals surface area contributed by atoms with Crippen LogP contribution in [0.25, 0.3) is 11.0 Å². The van der Waals surface area contributed by atoms with Crippen LogP contribution in [0.15, 0.2) is 35.3 Å². The minimum absolute atomic E-state index is 0. The van der Waals surface area contributed by atoms with E-state index in [0.29, 0.717) is 72.6 Å². The molecule has 2 aliphatic rings. The maximum atomic E-state index is 13.7. The fraction of sp³-hybridized carbons (Fsp3) is 0.391. The van der Waals surface area contributed by atoms with Crippen molar-refractivity contribution in [2.45, 2.75) is 19.2 Å². The van der Waals surface area contributed by atoms with Crippen LogP contribution in [0.4, 0.5) is 10.2 Å². The van der Waals surface area contributed by atoms with Crippen LogP contribution in [0, 0.1) is 11.7 Å². The molecular weight excluding hydrogens is 514 g/mol. The van der Waals surface area contributed by atoms with Crippen molar-refractivity contribution in [2.24, 2.45) is 5.92 Å². The number of likely N-dealkylation sites (tertiary alicyclic amines) is 1. The van der Waals surface area contributed by atoms with Crippen molar-refractivity contribution < 1.29 is 19.0 Å². The Kier molecular flexibility index (Phi) is 8.06. The molecule has 1 saturated heterocycles. The van der Waals surface area contributed by atoms with Gasteiger partial charge in [-0.25, -0.2) is 9.37 Å². The highest BCUT2D eigenvalue weighted by atomic mass is 35.5. The molecule has 0 unspecified atom stereocenters. The molecule has 1 amide bonds. The van der Waals surface area contributed by atoms with Crippen LogP contribution in [0.1, 0.15) is 5.69 Å². The van der Waals surface area contributed by atoms with E-state index in [1.54, 1.807) is 12.1 Å². The van der Waals surface area contributed by atoms with Crippen LogP contribution >= 0.6 is 24.0 Å². The summed E-state index contributed by atoms with van der Waals surface area (Å²) in [5.74, 6) is -0.0225. The number of pyridine rings is 3. The molecule has 3 aromatic rings. The molecule has 2 aliphatic heterocycles. The second-order valence-corrected chi connectivity index (χ2v) is 9.11. The monoisotopic (exact) mass is 538 g/mol. The third-order valence-corrected chi connectivity index (χ3v) is 6.58. The Morgan fingerprint density at radius 2 is 2.08 bits per heavy atom. The molecule has 0 aliphatic carbocycles. The third kappa shape index (κ3) is 5.60. The zero-order chi connectivity index (χ0) is 24.5. The zero-order valence-corrected chi connectivity index (χ0v) is 20.7. The number of aliphatic hydroxyl groups excluding tert-OH is 1. The fourth-order valence-corrected chi connectivity index (χ4v) is 4.67. The van der Waals surface area contributed by atoms with E-state index in [0.717, 1.165) is 6.20 Å². The first-order valence-corrected chi connectivity index (χ1v) is 11.6. The molecule has 10 nitrogen and oxygen atoms in total. The number of amides is 1. The first kappa shape index (κ1) is 26.2. The van der Waals surface area contributed by atoms with Gasteiger partial charge in [-0.2, -0.15) is 0 Å². The summed E-state index contributed by atoms with van der Waals surface area (Å²) in [6.07, 6.45) is 0.591. The van der Waals surface area contributed by atoms with Gasteiger partial charge in [0.2, 0.25) is 0 Å². The molecule has 0 saturated carbocycles. The number of rotatable bonds is 7. The number of aliphatic hydroxyl groups is 1. The molecule has 0 spiro atoms. The predicted molar refractivity (Wildman–Crippen MR) is 134 cm³/mol. The molecule has 3 aromatic heterocycles.